The van der Waals surface area contributed by atoms with Gasteiger partial charge in [0.25, 0.3) is 0 Å². The third-order valence-electron chi connectivity index (χ3n) is 4.37. The molecule has 0 spiro atoms. The van der Waals surface area contributed by atoms with Gasteiger partial charge in [0, 0.05) is 25.8 Å². The lowest BCUT2D eigenvalue weighted by Gasteiger charge is -2.38. The fourth-order valence-electron chi connectivity index (χ4n) is 2.86. The van der Waals surface area contributed by atoms with Crippen molar-refractivity contribution in [3.8, 4) is 0 Å². The van der Waals surface area contributed by atoms with Crippen LogP contribution in [-0.4, -0.2) is 52.4 Å². The van der Waals surface area contributed by atoms with Crippen LogP contribution in [0.15, 0.2) is 35.5 Å². The molecule has 1 aliphatic heterocycles. The lowest BCUT2D eigenvalue weighted by molar-refractivity contribution is -0.120. The summed E-state index contributed by atoms with van der Waals surface area (Å²) in [6, 6.07) is 5.70. The van der Waals surface area contributed by atoms with Gasteiger partial charge < -0.3 is 10.2 Å². The van der Waals surface area contributed by atoms with Gasteiger partial charge in [0.05, 0.1) is 10.8 Å². The number of hydrogen-bond donors (Lipinski definition) is 2. The normalized spacial score (nSPS) is 15.0. The van der Waals surface area contributed by atoms with Gasteiger partial charge in [-0.05, 0) is 24.3 Å². The molecule has 2 aromatic heterocycles. The van der Waals surface area contributed by atoms with Crippen LogP contribution in [0.25, 0.3) is 11.2 Å². The van der Waals surface area contributed by atoms with Crippen LogP contribution < -0.4 is 15.4 Å². The summed E-state index contributed by atoms with van der Waals surface area (Å²) in [6.45, 7) is 0.980. The first kappa shape index (κ1) is 17.3. The zero-order valence-electron chi connectivity index (χ0n) is 14.3. The lowest BCUT2D eigenvalue weighted by atomic mass is 9.99. The fourth-order valence-corrected chi connectivity index (χ4v) is 3.38. The van der Waals surface area contributed by atoms with Crippen molar-refractivity contribution in [1.82, 2.24) is 25.0 Å². The number of aromatic nitrogens is 5. The molecule has 3 heterocycles. The van der Waals surface area contributed by atoms with Crippen LogP contribution in [-0.2, 0) is 21.9 Å². The number of nitrogens with zero attached hydrogens (tertiary/aromatic N) is 6. The summed E-state index contributed by atoms with van der Waals surface area (Å²) < 4.78 is 24.1. The number of aryl methyl sites for hydroxylation is 1. The molecule has 12 heteroatoms. The SMILES string of the molecule is Cn1nnc2c(N3CC(C(=O)Nc4ccc(S(N)(=O)=O)cc4)C3)ncnc21. The van der Waals surface area contributed by atoms with E-state index in [-0.39, 0.29) is 16.7 Å². The van der Waals surface area contributed by atoms with Gasteiger partial charge in [0.1, 0.15) is 6.33 Å². The highest BCUT2D eigenvalue weighted by molar-refractivity contribution is 7.89. The van der Waals surface area contributed by atoms with Crippen molar-refractivity contribution in [3.05, 3.63) is 30.6 Å². The van der Waals surface area contributed by atoms with E-state index in [1.807, 2.05) is 4.90 Å². The lowest BCUT2D eigenvalue weighted by Crippen LogP contribution is -2.52. The number of fused-ring (bicyclic) bond motifs is 1. The van der Waals surface area contributed by atoms with Crippen LogP contribution in [0.1, 0.15) is 0 Å². The minimum absolute atomic E-state index is 0.00735. The molecule has 0 radical (unpaired) electrons. The van der Waals surface area contributed by atoms with Crippen LogP contribution in [0, 0.1) is 5.92 Å². The Balaban J connectivity index is 1.41. The van der Waals surface area contributed by atoms with E-state index in [9.17, 15) is 13.2 Å². The highest BCUT2D eigenvalue weighted by atomic mass is 32.2. The van der Waals surface area contributed by atoms with E-state index in [0.717, 1.165) is 0 Å². The second-order valence-electron chi connectivity index (χ2n) is 6.24. The van der Waals surface area contributed by atoms with Gasteiger partial charge in [-0.25, -0.2) is 28.2 Å². The van der Waals surface area contributed by atoms with Crippen molar-refractivity contribution in [2.24, 2.45) is 18.1 Å². The van der Waals surface area contributed by atoms with E-state index in [4.69, 9.17) is 5.14 Å². The molecule has 27 heavy (non-hydrogen) atoms. The van der Waals surface area contributed by atoms with E-state index in [1.165, 1.54) is 30.6 Å². The Labute approximate surface area is 154 Å². The zero-order chi connectivity index (χ0) is 19.2. The van der Waals surface area contributed by atoms with Gasteiger partial charge in [-0.2, -0.15) is 0 Å². The standard InChI is InChI=1S/C15H16N8O3S/c1-22-13-12(20-21-22)14(18-8-17-13)23-6-9(7-23)15(24)19-10-2-4-11(5-3-10)27(16,25)26/h2-5,8-9H,6-7H2,1H3,(H,19,24)(H2,16,25,26). The molecular weight excluding hydrogens is 372 g/mol. The molecular formula is C15H16N8O3S. The predicted octanol–water partition coefficient (Wildman–Crippen LogP) is -0.519. The summed E-state index contributed by atoms with van der Waals surface area (Å²) in [6.07, 6.45) is 1.45. The number of carbonyl (C=O) groups excluding carboxylic acids is 1. The minimum atomic E-state index is -3.76. The first-order chi connectivity index (χ1) is 12.8. The number of nitrogens with two attached hydrogens (primary N) is 1. The van der Waals surface area contributed by atoms with E-state index in [2.05, 4.69) is 25.6 Å². The quantitative estimate of drug-likeness (QED) is 0.606. The monoisotopic (exact) mass is 388 g/mol. The average Bonchev–Trinajstić information content (AvgIpc) is 2.95. The number of carbonyl (C=O) groups is 1. The number of amides is 1. The smallest absolute Gasteiger partial charge is 0.238 e. The Morgan fingerprint density at radius 3 is 2.59 bits per heavy atom. The third-order valence-corrected chi connectivity index (χ3v) is 5.30. The van der Waals surface area contributed by atoms with Gasteiger partial charge >= 0.3 is 0 Å². The second-order valence-corrected chi connectivity index (χ2v) is 7.80. The van der Waals surface area contributed by atoms with Gasteiger partial charge in [0.15, 0.2) is 17.0 Å². The maximum atomic E-state index is 12.4. The van der Waals surface area contributed by atoms with Crippen LogP contribution in [0.4, 0.5) is 11.5 Å². The summed E-state index contributed by atoms with van der Waals surface area (Å²) in [7, 11) is -2.01. The summed E-state index contributed by atoms with van der Waals surface area (Å²) in [5, 5.41) is 15.8. The molecule has 4 rings (SSSR count). The van der Waals surface area contributed by atoms with Gasteiger partial charge in [-0.15, -0.1) is 5.10 Å². The van der Waals surface area contributed by atoms with Crippen molar-refractivity contribution in [2.75, 3.05) is 23.3 Å². The van der Waals surface area contributed by atoms with E-state index in [0.29, 0.717) is 35.8 Å². The highest BCUT2D eigenvalue weighted by Gasteiger charge is 2.35. The van der Waals surface area contributed by atoms with Gasteiger partial charge in [-0.1, -0.05) is 5.21 Å². The Kier molecular flexibility index (Phi) is 4.00. The molecule has 1 fully saturated rings. The van der Waals surface area contributed by atoms with E-state index in [1.54, 1.807) is 11.7 Å². The number of nitrogens with one attached hydrogen (secondary N) is 1. The maximum Gasteiger partial charge on any atom is 0.238 e. The highest BCUT2D eigenvalue weighted by Crippen LogP contribution is 2.28. The summed E-state index contributed by atoms with van der Waals surface area (Å²) in [5.41, 5.74) is 1.73. The number of sulfonamides is 1. The fraction of sp³-hybridized carbons (Fsp3) is 0.267. The Morgan fingerprint density at radius 2 is 1.93 bits per heavy atom. The molecule has 1 saturated heterocycles. The summed E-state index contributed by atoms with van der Waals surface area (Å²) in [5.74, 6) is 0.276. The van der Waals surface area contributed by atoms with Crippen LogP contribution in [0.3, 0.4) is 0 Å². The second kappa shape index (κ2) is 6.25. The summed E-state index contributed by atoms with van der Waals surface area (Å²) >= 11 is 0. The molecule has 1 aliphatic rings. The van der Waals surface area contributed by atoms with Gasteiger partial charge in [-0.3, -0.25) is 4.79 Å². The molecule has 0 atom stereocenters. The zero-order valence-corrected chi connectivity index (χ0v) is 15.1. The van der Waals surface area contributed by atoms with Crippen molar-refractivity contribution in [2.45, 2.75) is 4.90 Å². The van der Waals surface area contributed by atoms with Crippen LogP contribution in [0.5, 0.6) is 0 Å². The molecule has 1 aromatic carbocycles. The molecule has 0 bridgehead atoms. The predicted molar refractivity (Wildman–Crippen MR) is 96.2 cm³/mol. The summed E-state index contributed by atoms with van der Waals surface area (Å²) in [4.78, 5) is 22.7. The Morgan fingerprint density at radius 1 is 1.22 bits per heavy atom. The molecule has 11 nitrogen and oxygen atoms in total. The molecule has 0 saturated carbocycles. The van der Waals surface area contributed by atoms with E-state index < -0.39 is 10.0 Å². The van der Waals surface area contributed by atoms with Crippen molar-refractivity contribution >= 4 is 38.6 Å². The van der Waals surface area contributed by atoms with Crippen molar-refractivity contribution in [1.29, 1.82) is 0 Å². The first-order valence-electron chi connectivity index (χ1n) is 8.02. The Bertz CT molecular complexity index is 1120. The minimum Gasteiger partial charge on any atom is -0.353 e. The molecule has 3 aromatic rings. The molecule has 0 aliphatic carbocycles. The molecule has 3 N–H and O–H groups in total. The average molecular weight is 388 g/mol. The van der Waals surface area contributed by atoms with Gasteiger partial charge in [0.2, 0.25) is 15.9 Å². The number of anilines is 2. The number of hydrogen-bond acceptors (Lipinski definition) is 8. The van der Waals surface area contributed by atoms with Crippen molar-refractivity contribution in [3.63, 3.8) is 0 Å². The topological polar surface area (TPSA) is 149 Å². The molecule has 1 amide bonds. The molecule has 140 valence electrons. The third kappa shape index (κ3) is 3.19. The largest absolute Gasteiger partial charge is 0.353 e. The maximum absolute atomic E-state index is 12.4. The first-order valence-corrected chi connectivity index (χ1v) is 9.56. The number of benzene rings is 1. The van der Waals surface area contributed by atoms with E-state index >= 15 is 0 Å². The van der Waals surface area contributed by atoms with Crippen LogP contribution in [0.2, 0.25) is 0 Å². The van der Waals surface area contributed by atoms with Crippen molar-refractivity contribution < 1.29 is 13.2 Å². The number of primary sulfonamides is 1. The van der Waals surface area contributed by atoms with Crippen LogP contribution >= 0.6 is 0 Å². The Hall–Kier alpha value is -3.12. The number of rotatable bonds is 4. The molecule has 0 unspecified atom stereocenters.